The van der Waals surface area contributed by atoms with Crippen molar-refractivity contribution in [3.05, 3.63) is 58.6 Å². The summed E-state index contributed by atoms with van der Waals surface area (Å²) in [6, 6.07) is 12.6. The first-order valence-electron chi connectivity index (χ1n) is 8.31. The number of anilines is 1. The second-order valence-electron chi connectivity index (χ2n) is 6.23. The standard InChI is InChI=1S/C20H23ClN2O3/c1-13-7-5-8-14(2)19(13)22-18(24)12-23(4)20(25)15(3)26-17-10-6-9-16(21)11-17/h5-11,15H,12H2,1-4H3,(H,22,24). The van der Waals surface area contributed by atoms with Crippen LogP contribution in [0, 0.1) is 13.8 Å². The lowest BCUT2D eigenvalue weighted by molar-refractivity contribution is -0.139. The van der Waals surface area contributed by atoms with Crippen LogP contribution in [0.25, 0.3) is 0 Å². The van der Waals surface area contributed by atoms with E-state index >= 15 is 0 Å². The van der Waals surface area contributed by atoms with Crippen LogP contribution < -0.4 is 10.1 Å². The minimum Gasteiger partial charge on any atom is -0.481 e. The van der Waals surface area contributed by atoms with Gasteiger partial charge in [-0.2, -0.15) is 0 Å². The van der Waals surface area contributed by atoms with Crippen LogP contribution in [0.5, 0.6) is 5.75 Å². The molecular weight excluding hydrogens is 352 g/mol. The number of aryl methyl sites for hydroxylation is 2. The van der Waals surface area contributed by atoms with E-state index in [-0.39, 0.29) is 18.4 Å². The average molecular weight is 375 g/mol. The van der Waals surface area contributed by atoms with E-state index in [1.165, 1.54) is 4.90 Å². The summed E-state index contributed by atoms with van der Waals surface area (Å²) in [5.74, 6) is -0.0402. The fraction of sp³-hybridized carbons (Fsp3) is 0.300. The van der Waals surface area contributed by atoms with E-state index in [0.717, 1.165) is 16.8 Å². The van der Waals surface area contributed by atoms with Gasteiger partial charge in [0.1, 0.15) is 5.75 Å². The summed E-state index contributed by atoms with van der Waals surface area (Å²) in [7, 11) is 1.57. The lowest BCUT2D eigenvalue weighted by Gasteiger charge is -2.22. The molecule has 0 bridgehead atoms. The van der Waals surface area contributed by atoms with Gasteiger partial charge in [-0.3, -0.25) is 9.59 Å². The summed E-state index contributed by atoms with van der Waals surface area (Å²) in [5.41, 5.74) is 2.73. The highest BCUT2D eigenvalue weighted by molar-refractivity contribution is 6.30. The van der Waals surface area contributed by atoms with Crippen molar-refractivity contribution in [2.24, 2.45) is 0 Å². The maximum Gasteiger partial charge on any atom is 0.263 e. The SMILES string of the molecule is Cc1cccc(C)c1NC(=O)CN(C)C(=O)C(C)Oc1cccc(Cl)c1. The predicted molar refractivity (Wildman–Crippen MR) is 104 cm³/mol. The molecule has 2 aromatic carbocycles. The lowest BCUT2D eigenvalue weighted by atomic mass is 10.1. The van der Waals surface area contributed by atoms with Gasteiger partial charge < -0.3 is 15.0 Å². The molecule has 0 aliphatic carbocycles. The third kappa shape index (κ3) is 5.23. The van der Waals surface area contributed by atoms with E-state index < -0.39 is 6.10 Å². The van der Waals surface area contributed by atoms with Gasteiger partial charge >= 0.3 is 0 Å². The zero-order chi connectivity index (χ0) is 19.3. The first kappa shape index (κ1) is 19.8. The van der Waals surface area contributed by atoms with Crippen molar-refractivity contribution in [1.29, 1.82) is 0 Å². The molecule has 26 heavy (non-hydrogen) atoms. The summed E-state index contributed by atoms with van der Waals surface area (Å²) < 4.78 is 5.61. The van der Waals surface area contributed by atoms with E-state index in [0.29, 0.717) is 10.8 Å². The third-order valence-corrected chi connectivity index (χ3v) is 4.19. The van der Waals surface area contributed by atoms with Gasteiger partial charge in [-0.15, -0.1) is 0 Å². The quantitative estimate of drug-likeness (QED) is 0.836. The Kier molecular flexibility index (Phi) is 6.64. The zero-order valence-electron chi connectivity index (χ0n) is 15.4. The Morgan fingerprint density at radius 1 is 1.15 bits per heavy atom. The molecule has 0 aliphatic heterocycles. The summed E-state index contributed by atoms with van der Waals surface area (Å²) in [4.78, 5) is 26.1. The zero-order valence-corrected chi connectivity index (χ0v) is 16.1. The molecule has 1 atom stereocenters. The van der Waals surface area contributed by atoms with Crippen molar-refractivity contribution >= 4 is 29.1 Å². The Morgan fingerprint density at radius 3 is 2.38 bits per heavy atom. The molecular formula is C20H23ClN2O3. The van der Waals surface area contributed by atoms with E-state index in [9.17, 15) is 9.59 Å². The van der Waals surface area contributed by atoms with Crippen molar-refractivity contribution in [1.82, 2.24) is 4.90 Å². The fourth-order valence-corrected chi connectivity index (χ4v) is 2.77. The van der Waals surface area contributed by atoms with Gasteiger partial charge in [-0.25, -0.2) is 0 Å². The predicted octanol–water partition coefficient (Wildman–Crippen LogP) is 3.82. The van der Waals surface area contributed by atoms with E-state index in [1.54, 1.807) is 38.2 Å². The van der Waals surface area contributed by atoms with Crippen LogP contribution in [0.2, 0.25) is 5.02 Å². The van der Waals surface area contributed by atoms with Crippen molar-refractivity contribution in [3.8, 4) is 5.75 Å². The highest BCUT2D eigenvalue weighted by Crippen LogP contribution is 2.20. The normalized spacial score (nSPS) is 11.6. The van der Waals surface area contributed by atoms with Crippen LogP contribution in [0.4, 0.5) is 5.69 Å². The van der Waals surface area contributed by atoms with Gasteiger partial charge in [-0.1, -0.05) is 35.9 Å². The number of hydrogen-bond acceptors (Lipinski definition) is 3. The average Bonchev–Trinajstić information content (AvgIpc) is 2.57. The molecule has 0 heterocycles. The first-order valence-corrected chi connectivity index (χ1v) is 8.69. The number of para-hydroxylation sites is 1. The minimum absolute atomic E-state index is 0.0597. The van der Waals surface area contributed by atoms with Crippen molar-refractivity contribution in [2.45, 2.75) is 26.9 Å². The van der Waals surface area contributed by atoms with Crippen LogP contribution in [-0.2, 0) is 9.59 Å². The number of nitrogens with zero attached hydrogens (tertiary/aromatic N) is 1. The molecule has 0 aromatic heterocycles. The van der Waals surface area contributed by atoms with Crippen LogP contribution in [-0.4, -0.2) is 36.4 Å². The Morgan fingerprint density at radius 2 is 1.77 bits per heavy atom. The van der Waals surface area contributed by atoms with Crippen molar-refractivity contribution < 1.29 is 14.3 Å². The molecule has 0 aliphatic rings. The molecule has 2 aromatic rings. The Balaban J connectivity index is 1.94. The van der Waals surface area contributed by atoms with Crippen molar-refractivity contribution in [3.63, 3.8) is 0 Å². The van der Waals surface area contributed by atoms with Gasteiger partial charge in [0, 0.05) is 17.8 Å². The molecule has 2 rings (SSSR count). The largest absolute Gasteiger partial charge is 0.481 e. The molecule has 5 nitrogen and oxygen atoms in total. The Bertz CT molecular complexity index is 787. The number of nitrogens with one attached hydrogen (secondary N) is 1. The molecule has 1 N–H and O–H groups in total. The van der Waals surface area contributed by atoms with Gasteiger partial charge in [-0.05, 0) is 50.1 Å². The number of halogens is 1. The van der Waals surface area contributed by atoms with E-state index in [2.05, 4.69) is 5.32 Å². The molecule has 138 valence electrons. The molecule has 0 fully saturated rings. The summed E-state index contributed by atoms with van der Waals surface area (Å²) in [6.07, 6.45) is -0.730. The highest BCUT2D eigenvalue weighted by Gasteiger charge is 2.21. The molecule has 6 heteroatoms. The van der Waals surface area contributed by atoms with Gasteiger partial charge in [0.05, 0.1) is 6.54 Å². The monoisotopic (exact) mass is 374 g/mol. The maximum absolute atomic E-state index is 12.4. The summed E-state index contributed by atoms with van der Waals surface area (Å²) >= 11 is 5.91. The number of amides is 2. The minimum atomic E-state index is -0.730. The van der Waals surface area contributed by atoms with Crippen LogP contribution in [0.3, 0.4) is 0 Å². The second kappa shape index (κ2) is 8.72. The Hall–Kier alpha value is -2.53. The molecule has 2 amide bonds. The highest BCUT2D eigenvalue weighted by atomic mass is 35.5. The van der Waals surface area contributed by atoms with Crippen LogP contribution in [0.15, 0.2) is 42.5 Å². The van der Waals surface area contributed by atoms with Crippen LogP contribution in [0.1, 0.15) is 18.1 Å². The molecule has 0 radical (unpaired) electrons. The van der Waals surface area contributed by atoms with Gasteiger partial charge in [0.15, 0.2) is 6.10 Å². The number of rotatable bonds is 6. The number of hydrogen-bond donors (Lipinski definition) is 1. The first-order chi connectivity index (χ1) is 12.3. The number of ether oxygens (including phenoxy) is 1. The molecule has 1 unspecified atom stereocenters. The number of benzene rings is 2. The third-order valence-electron chi connectivity index (χ3n) is 3.96. The van der Waals surface area contributed by atoms with E-state index in [1.807, 2.05) is 32.0 Å². The smallest absolute Gasteiger partial charge is 0.263 e. The summed E-state index contributed by atoms with van der Waals surface area (Å²) in [5, 5.41) is 3.40. The molecule has 0 saturated heterocycles. The van der Waals surface area contributed by atoms with Gasteiger partial charge in [0.25, 0.3) is 5.91 Å². The molecule has 0 saturated carbocycles. The fourth-order valence-electron chi connectivity index (χ4n) is 2.59. The number of carbonyl (C=O) groups is 2. The number of carbonyl (C=O) groups excluding carboxylic acids is 2. The van der Waals surface area contributed by atoms with Crippen molar-refractivity contribution in [2.75, 3.05) is 18.9 Å². The Labute approximate surface area is 158 Å². The van der Waals surface area contributed by atoms with Gasteiger partial charge in [0.2, 0.25) is 5.91 Å². The van der Waals surface area contributed by atoms with Crippen LogP contribution >= 0.6 is 11.6 Å². The maximum atomic E-state index is 12.4. The molecule has 0 spiro atoms. The number of likely N-dealkylation sites (N-methyl/N-ethyl adjacent to an activating group) is 1. The lowest BCUT2D eigenvalue weighted by Crippen LogP contribution is -2.42. The second-order valence-corrected chi connectivity index (χ2v) is 6.66. The van der Waals surface area contributed by atoms with E-state index in [4.69, 9.17) is 16.3 Å². The summed E-state index contributed by atoms with van der Waals surface area (Å²) in [6.45, 7) is 5.44. The topological polar surface area (TPSA) is 58.6 Å².